The van der Waals surface area contributed by atoms with E-state index in [1.54, 1.807) is 6.92 Å². The maximum Gasteiger partial charge on any atom is 0.0701 e. The smallest absolute Gasteiger partial charge is 0.0701 e. The van der Waals surface area contributed by atoms with Crippen LogP contribution in [0, 0.1) is 0 Å². The Labute approximate surface area is 109 Å². The Morgan fingerprint density at radius 1 is 0.778 bits per heavy atom. The van der Waals surface area contributed by atoms with Crippen molar-refractivity contribution in [2.24, 2.45) is 5.73 Å². The lowest BCUT2D eigenvalue weighted by molar-refractivity contribution is -0.00402. The molecular weight excluding hydrogens is 238 g/mol. The van der Waals surface area contributed by atoms with Crippen LogP contribution >= 0.6 is 0 Å². The van der Waals surface area contributed by atoms with Crippen molar-refractivity contribution in [1.82, 2.24) is 0 Å². The van der Waals surface area contributed by atoms with Crippen LogP contribution in [0.1, 0.15) is 13.3 Å². The van der Waals surface area contributed by atoms with Gasteiger partial charge in [-0.05, 0) is 13.3 Å². The number of hydrogen-bond donors (Lipinski definition) is 2. The molecule has 18 heavy (non-hydrogen) atoms. The van der Waals surface area contributed by atoms with Gasteiger partial charge in [-0.25, -0.2) is 0 Å². The fourth-order valence-electron chi connectivity index (χ4n) is 1.10. The van der Waals surface area contributed by atoms with E-state index in [1.807, 2.05) is 0 Å². The average molecular weight is 265 g/mol. The van der Waals surface area contributed by atoms with E-state index in [-0.39, 0.29) is 6.10 Å². The van der Waals surface area contributed by atoms with Gasteiger partial charge in [-0.3, -0.25) is 0 Å². The largest absolute Gasteiger partial charge is 0.393 e. The second-order valence-corrected chi connectivity index (χ2v) is 3.88. The van der Waals surface area contributed by atoms with E-state index in [2.05, 4.69) is 0 Å². The summed E-state index contributed by atoms with van der Waals surface area (Å²) in [5.74, 6) is 0. The summed E-state index contributed by atoms with van der Waals surface area (Å²) in [7, 11) is 0. The van der Waals surface area contributed by atoms with Gasteiger partial charge in [-0.1, -0.05) is 0 Å². The number of aliphatic hydroxyl groups excluding tert-OH is 1. The lowest BCUT2D eigenvalue weighted by Gasteiger charge is -2.07. The monoisotopic (exact) mass is 265 g/mol. The summed E-state index contributed by atoms with van der Waals surface area (Å²) in [6.45, 7) is 6.76. The fraction of sp³-hybridized carbons (Fsp3) is 1.00. The first-order chi connectivity index (χ1) is 8.77. The van der Waals surface area contributed by atoms with Gasteiger partial charge >= 0.3 is 0 Å². The Morgan fingerprint density at radius 2 is 1.17 bits per heavy atom. The predicted octanol–water partition coefficient (Wildman–Crippen LogP) is -0.218. The van der Waals surface area contributed by atoms with Gasteiger partial charge in [-0.2, -0.15) is 0 Å². The van der Waals surface area contributed by atoms with Crippen molar-refractivity contribution in [1.29, 1.82) is 0 Å². The Balaban J connectivity index is 2.90. The molecule has 0 aromatic carbocycles. The van der Waals surface area contributed by atoms with Crippen molar-refractivity contribution in [3.05, 3.63) is 0 Å². The molecule has 0 bridgehead atoms. The molecule has 0 spiro atoms. The standard InChI is InChI=1S/C12H27NO5/c1-12(14)2-4-15-6-8-17-10-11-18-9-7-16-5-3-13/h12,14H,2-11,13H2,1H3. The van der Waals surface area contributed by atoms with Crippen LogP contribution < -0.4 is 5.73 Å². The van der Waals surface area contributed by atoms with Gasteiger partial charge in [0.1, 0.15) is 0 Å². The summed E-state index contributed by atoms with van der Waals surface area (Å²) in [6.07, 6.45) is 0.354. The van der Waals surface area contributed by atoms with Crippen molar-refractivity contribution < 1.29 is 24.1 Å². The molecule has 0 saturated heterocycles. The van der Waals surface area contributed by atoms with E-state index >= 15 is 0 Å². The first-order valence-corrected chi connectivity index (χ1v) is 6.46. The van der Waals surface area contributed by atoms with Crippen LogP contribution in [-0.4, -0.2) is 70.6 Å². The van der Waals surface area contributed by atoms with Crippen molar-refractivity contribution in [2.45, 2.75) is 19.4 Å². The van der Waals surface area contributed by atoms with Gasteiger partial charge in [-0.15, -0.1) is 0 Å². The highest BCUT2D eigenvalue weighted by Crippen LogP contribution is 1.90. The Bertz CT molecular complexity index is 157. The molecule has 0 heterocycles. The molecule has 6 nitrogen and oxygen atoms in total. The molecule has 0 aliphatic heterocycles. The lowest BCUT2D eigenvalue weighted by atomic mass is 10.3. The number of nitrogens with two attached hydrogens (primary N) is 1. The Kier molecular flexibility index (Phi) is 14.6. The van der Waals surface area contributed by atoms with Crippen LogP contribution in [0.5, 0.6) is 0 Å². The second-order valence-electron chi connectivity index (χ2n) is 3.88. The third kappa shape index (κ3) is 15.8. The number of aliphatic hydroxyl groups is 1. The molecule has 0 radical (unpaired) electrons. The Hall–Kier alpha value is -0.240. The lowest BCUT2D eigenvalue weighted by Crippen LogP contribution is -2.14. The molecule has 0 fully saturated rings. The SMILES string of the molecule is CC(O)CCOCCOCCOCCOCCN. The molecule has 0 amide bonds. The summed E-state index contributed by atoms with van der Waals surface area (Å²) in [5, 5.41) is 8.98. The molecule has 6 heteroatoms. The van der Waals surface area contributed by atoms with Gasteiger partial charge < -0.3 is 29.8 Å². The van der Waals surface area contributed by atoms with Crippen molar-refractivity contribution >= 4 is 0 Å². The van der Waals surface area contributed by atoms with Crippen LogP contribution in [-0.2, 0) is 18.9 Å². The number of ether oxygens (including phenoxy) is 4. The molecule has 0 aliphatic rings. The number of rotatable bonds is 14. The predicted molar refractivity (Wildman–Crippen MR) is 68.6 cm³/mol. The maximum atomic E-state index is 8.98. The second kappa shape index (κ2) is 14.8. The van der Waals surface area contributed by atoms with Gasteiger partial charge in [0, 0.05) is 13.2 Å². The summed E-state index contributed by atoms with van der Waals surface area (Å²) in [5.41, 5.74) is 5.26. The summed E-state index contributed by atoms with van der Waals surface area (Å²) < 4.78 is 21.0. The van der Waals surface area contributed by atoms with Crippen LogP contribution in [0.15, 0.2) is 0 Å². The minimum absolute atomic E-state index is 0.305. The van der Waals surface area contributed by atoms with E-state index in [1.165, 1.54) is 0 Å². The topological polar surface area (TPSA) is 83.2 Å². The van der Waals surface area contributed by atoms with Crippen LogP contribution in [0.25, 0.3) is 0 Å². The summed E-state index contributed by atoms with van der Waals surface area (Å²) >= 11 is 0. The van der Waals surface area contributed by atoms with E-state index in [0.717, 1.165) is 0 Å². The van der Waals surface area contributed by atoms with Crippen molar-refractivity contribution in [3.8, 4) is 0 Å². The Morgan fingerprint density at radius 3 is 1.56 bits per heavy atom. The molecule has 0 rings (SSSR count). The van der Waals surface area contributed by atoms with Crippen molar-refractivity contribution in [3.63, 3.8) is 0 Å². The third-order valence-electron chi connectivity index (χ3n) is 2.06. The molecule has 1 unspecified atom stereocenters. The highest BCUT2D eigenvalue weighted by Gasteiger charge is 1.95. The molecule has 0 aromatic heterocycles. The van der Waals surface area contributed by atoms with Gasteiger partial charge in [0.15, 0.2) is 0 Å². The molecule has 0 saturated carbocycles. The minimum atomic E-state index is -0.305. The molecule has 0 aliphatic carbocycles. The van der Waals surface area contributed by atoms with Crippen LogP contribution in [0.3, 0.4) is 0 Å². The van der Waals surface area contributed by atoms with E-state index in [0.29, 0.717) is 65.8 Å². The highest BCUT2D eigenvalue weighted by molar-refractivity contribution is 4.44. The van der Waals surface area contributed by atoms with Crippen LogP contribution in [0.2, 0.25) is 0 Å². The van der Waals surface area contributed by atoms with E-state index in [4.69, 9.17) is 29.8 Å². The van der Waals surface area contributed by atoms with Gasteiger partial charge in [0.05, 0.1) is 52.4 Å². The zero-order valence-corrected chi connectivity index (χ0v) is 11.3. The fourth-order valence-corrected chi connectivity index (χ4v) is 1.10. The first-order valence-electron chi connectivity index (χ1n) is 6.46. The molecule has 3 N–H and O–H groups in total. The first kappa shape index (κ1) is 17.8. The highest BCUT2D eigenvalue weighted by atomic mass is 16.6. The minimum Gasteiger partial charge on any atom is -0.393 e. The third-order valence-corrected chi connectivity index (χ3v) is 2.06. The number of hydrogen-bond acceptors (Lipinski definition) is 6. The normalized spacial score (nSPS) is 12.8. The van der Waals surface area contributed by atoms with Crippen molar-refractivity contribution in [2.75, 3.05) is 59.4 Å². The molecule has 1 atom stereocenters. The quantitative estimate of drug-likeness (QED) is 0.423. The maximum absolute atomic E-state index is 8.98. The van der Waals surface area contributed by atoms with E-state index < -0.39 is 0 Å². The van der Waals surface area contributed by atoms with Crippen LogP contribution in [0.4, 0.5) is 0 Å². The van der Waals surface area contributed by atoms with E-state index in [9.17, 15) is 0 Å². The molecule has 110 valence electrons. The average Bonchev–Trinajstić information content (AvgIpc) is 2.34. The zero-order chi connectivity index (χ0) is 13.5. The summed E-state index contributed by atoms with van der Waals surface area (Å²) in [4.78, 5) is 0. The van der Waals surface area contributed by atoms with Gasteiger partial charge in [0.25, 0.3) is 0 Å². The summed E-state index contributed by atoms with van der Waals surface area (Å²) in [6, 6.07) is 0. The molecule has 0 aromatic rings. The zero-order valence-electron chi connectivity index (χ0n) is 11.3. The molecular formula is C12H27NO5. The van der Waals surface area contributed by atoms with Gasteiger partial charge in [0.2, 0.25) is 0 Å².